The summed E-state index contributed by atoms with van der Waals surface area (Å²) >= 11 is 0. The zero-order valence-electron chi connectivity index (χ0n) is 16.0. The van der Waals surface area contributed by atoms with E-state index >= 15 is 0 Å². The SMILES string of the molecule is COc1cc(CC/C=C/C=C/C(=O)N2CCCCC2)cc(OC)c1OC. The number of carbonyl (C=O) groups excluding carboxylic acids is 1. The first kappa shape index (κ1) is 19.9. The van der Waals surface area contributed by atoms with Crippen molar-refractivity contribution in [3.63, 3.8) is 0 Å². The van der Waals surface area contributed by atoms with Crippen LogP contribution in [0.15, 0.2) is 36.4 Å². The Bertz CT molecular complexity index is 620. The fourth-order valence-electron chi connectivity index (χ4n) is 3.06. The molecule has 1 heterocycles. The lowest BCUT2D eigenvalue weighted by Crippen LogP contribution is -2.34. The predicted molar refractivity (Wildman–Crippen MR) is 103 cm³/mol. The molecule has 0 bridgehead atoms. The lowest BCUT2D eigenvalue weighted by molar-refractivity contribution is -0.126. The van der Waals surface area contributed by atoms with Gasteiger partial charge < -0.3 is 19.1 Å². The highest BCUT2D eigenvalue weighted by Gasteiger charge is 2.13. The maximum atomic E-state index is 12.0. The van der Waals surface area contributed by atoms with Gasteiger partial charge in [0.1, 0.15) is 0 Å². The topological polar surface area (TPSA) is 48.0 Å². The van der Waals surface area contributed by atoms with Crippen LogP contribution in [-0.2, 0) is 11.2 Å². The molecule has 0 N–H and O–H groups in total. The number of benzene rings is 1. The molecular formula is C21H29NO4. The van der Waals surface area contributed by atoms with Gasteiger partial charge in [0, 0.05) is 19.2 Å². The van der Waals surface area contributed by atoms with E-state index < -0.39 is 0 Å². The minimum atomic E-state index is 0.110. The summed E-state index contributed by atoms with van der Waals surface area (Å²) in [4.78, 5) is 13.9. The van der Waals surface area contributed by atoms with E-state index in [1.54, 1.807) is 27.4 Å². The average molecular weight is 359 g/mol. The Morgan fingerprint density at radius 3 is 2.23 bits per heavy atom. The molecule has 2 rings (SSSR count). The van der Waals surface area contributed by atoms with Gasteiger partial charge in [-0.1, -0.05) is 18.2 Å². The highest BCUT2D eigenvalue weighted by atomic mass is 16.5. The molecule has 0 spiro atoms. The smallest absolute Gasteiger partial charge is 0.246 e. The van der Waals surface area contributed by atoms with Gasteiger partial charge in [0.15, 0.2) is 11.5 Å². The lowest BCUT2D eigenvalue weighted by Gasteiger charge is -2.25. The summed E-state index contributed by atoms with van der Waals surface area (Å²) in [6.45, 7) is 1.77. The second kappa shape index (κ2) is 10.5. The van der Waals surface area contributed by atoms with Crippen molar-refractivity contribution in [2.45, 2.75) is 32.1 Å². The summed E-state index contributed by atoms with van der Waals surface area (Å²) in [7, 11) is 4.83. The Labute approximate surface area is 156 Å². The van der Waals surface area contributed by atoms with Gasteiger partial charge in [0.2, 0.25) is 11.7 Å². The highest BCUT2D eigenvalue weighted by Crippen LogP contribution is 2.38. The van der Waals surface area contributed by atoms with Crippen LogP contribution in [0, 0.1) is 0 Å². The Hall–Kier alpha value is -2.43. The van der Waals surface area contributed by atoms with E-state index in [9.17, 15) is 4.79 Å². The van der Waals surface area contributed by atoms with Gasteiger partial charge in [-0.3, -0.25) is 4.79 Å². The summed E-state index contributed by atoms with van der Waals surface area (Å²) in [6, 6.07) is 3.93. The number of methoxy groups -OCH3 is 3. The Morgan fingerprint density at radius 1 is 1.00 bits per heavy atom. The van der Waals surface area contributed by atoms with Gasteiger partial charge in [0.25, 0.3) is 0 Å². The molecule has 1 aliphatic heterocycles. The zero-order chi connectivity index (χ0) is 18.8. The molecule has 1 amide bonds. The van der Waals surface area contributed by atoms with Gasteiger partial charge in [-0.2, -0.15) is 0 Å². The predicted octanol–water partition coefficient (Wildman–Crippen LogP) is 3.77. The summed E-state index contributed by atoms with van der Waals surface area (Å²) < 4.78 is 16.1. The molecule has 0 unspecified atom stereocenters. The first-order valence-electron chi connectivity index (χ1n) is 9.10. The highest BCUT2D eigenvalue weighted by molar-refractivity contribution is 5.87. The quantitative estimate of drug-likeness (QED) is 0.524. The van der Waals surface area contributed by atoms with E-state index in [4.69, 9.17) is 14.2 Å². The van der Waals surface area contributed by atoms with Crippen LogP contribution >= 0.6 is 0 Å². The molecule has 0 saturated carbocycles. The van der Waals surface area contributed by atoms with Gasteiger partial charge in [-0.05, 0) is 49.8 Å². The lowest BCUT2D eigenvalue weighted by atomic mass is 10.1. The molecule has 0 atom stereocenters. The van der Waals surface area contributed by atoms with E-state index in [1.165, 1.54) is 6.42 Å². The molecular weight excluding hydrogens is 330 g/mol. The summed E-state index contributed by atoms with van der Waals surface area (Å²) in [6.07, 6.45) is 12.6. The minimum absolute atomic E-state index is 0.110. The summed E-state index contributed by atoms with van der Waals surface area (Å²) in [5.74, 6) is 2.04. The van der Waals surface area contributed by atoms with E-state index in [2.05, 4.69) is 6.08 Å². The molecule has 1 aliphatic rings. The standard InChI is InChI=1S/C21H29NO4/c1-24-18-15-17(16-19(25-2)21(18)26-3)11-7-4-5-8-12-20(23)22-13-9-6-10-14-22/h4-5,8,12,15-16H,6-7,9-11,13-14H2,1-3H3/b5-4+,12-8+. The number of allylic oxidation sites excluding steroid dienone is 3. The summed E-state index contributed by atoms with van der Waals surface area (Å²) in [5.41, 5.74) is 1.11. The van der Waals surface area contributed by atoms with Crippen LogP contribution in [0.5, 0.6) is 17.2 Å². The van der Waals surface area contributed by atoms with Gasteiger partial charge in [-0.15, -0.1) is 0 Å². The second-order valence-electron chi connectivity index (χ2n) is 6.25. The minimum Gasteiger partial charge on any atom is -0.493 e. The van der Waals surface area contributed by atoms with Crippen LogP contribution in [0.3, 0.4) is 0 Å². The van der Waals surface area contributed by atoms with E-state index in [-0.39, 0.29) is 5.91 Å². The fraction of sp³-hybridized carbons (Fsp3) is 0.476. The number of nitrogens with zero attached hydrogens (tertiary/aromatic N) is 1. The van der Waals surface area contributed by atoms with Gasteiger partial charge in [0.05, 0.1) is 21.3 Å². The van der Waals surface area contributed by atoms with Gasteiger partial charge in [-0.25, -0.2) is 0 Å². The molecule has 1 aromatic carbocycles. The molecule has 0 aromatic heterocycles. The van der Waals surface area contributed by atoms with Gasteiger partial charge >= 0.3 is 0 Å². The maximum absolute atomic E-state index is 12.0. The van der Waals surface area contributed by atoms with Crippen molar-refractivity contribution in [2.75, 3.05) is 34.4 Å². The van der Waals surface area contributed by atoms with E-state index in [0.29, 0.717) is 17.2 Å². The maximum Gasteiger partial charge on any atom is 0.246 e. The Kier molecular flexibility index (Phi) is 8.06. The van der Waals surface area contributed by atoms with Crippen LogP contribution in [0.1, 0.15) is 31.2 Å². The van der Waals surface area contributed by atoms with Crippen molar-refractivity contribution in [1.29, 1.82) is 0 Å². The number of ether oxygens (including phenoxy) is 3. The molecule has 0 aliphatic carbocycles. The van der Waals surface area contributed by atoms with E-state index in [0.717, 1.165) is 44.3 Å². The average Bonchev–Trinajstić information content (AvgIpc) is 2.70. The molecule has 1 saturated heterocycles. The number of amides is 1. The van der Waals surface area contributed by atoms with Crippen LogP contribution < -0.4 is 14.2 Å². The first-order valence-corrected chi connectivity index (χ1v) is 9.10. The molecule has 5 heteroatoms. The number of piperidine rings is 1. The fourth-order valence-corrected chi connectivity index (χ4v) is 3.06. The van der Waals surface area contributed by atoms with Crippen molar-refractivity contribution in [2.24, 2.45) is 0 Å². The van der Waals surface area contributed by atoms with Crippen molar-refractivity contribution in [1.82, 2.24) is 4.90 Å². The normalized spacial score (nSPS) is 14.8. The molecule has 5 nitrogen and oxygen atoms in total. The van der Waals surface area contributed by atoms with Crippen LogP contribution in [0.2, 0.25) is 0 Å². The first-order chi connectivity index (χ1) is 12.7. The third-order valence-corrected chi connectivity index (χ3v) is 4.48. The zero-order valence-corrected chi connectivity index (χ0v) is 16.0. The molecule has 142 valence electrons. The molecule has 0 radical (unpaired) electrons. The Balaban J connectivity index is 1.85. The number of likely N-dealkylation sites (tertiary alicyclic amines) is 1. The van der Waals surface area contributed by atoms with Crippen molar-refractivity contribution in [3.8, 4) is 17.2 Å². The molecule has 1 aromatic rings. The number of hydrogen-bond donors (Lipinski definition) is 0. The third kappa shape index (κ3) is 5.55. The Morgan fingerprint density at radius 2 is 1.65 bits per heavy atom. The van der Waals surface area contributed by atoms with Crippen LogP contribution in [0.4, 0.5) is 0 Å². The van der Waals surface area contributed by atoms with Crippen molar-refractivity contribution < 1.29 is 19.0 Å². The van der Waals surface area contributed by atoms with E-state index in [1.807, 2.05) is 29.2 Å². The van der Waals surface area contributed by atoms with Crippen molar-refractivity contribution >= 4 is 5.91 Å². The largest absolute Gasteiger partial charge is 0.493 e. The summed E-state index contributed by atoms with van der Waals surface area (Å²) in [5, 5.41) is 0. The molecule has 1 fully saturated rings. The number of rotatable bonds is 8. The number of aryl methyl sites for hydroxylation is 1. The monoisotopic (exact) mass is 359 g/mol. The third-order valence-electron chi connectivity index (χ3n) is 4.48. The second-order valence-corrected chi connectivity index (χ2v) is 6.25. The van der Waals surface area contributed by atoms with Crippen LogP contribution in [-0.4, -0.2) is 45.2 Å². The molecule has 26 heavy (non-hydrogen) atoms. The van der Waals surface area contributed by atoms with Crippen molar-refractivity contribution in [3.05, 3.63) is 42.0 Å². The number of carbonyl (C=O) groups is 1. The van der Waals surface area contributed by atoms with Crippen LogP contribution in [0.25, 0.3) is 0 Å². The number of hydrogen-bond acceptors (Lipinski definition) is 4.